The molecular formula is C19H17ClFN3O4S2. The van der Waals surface area contributed by atoms with Gasteiger partial charge in [0, 0.05) is 29.8 Å². The van der Waals surface area contributed by atoms with E-state index in [-0.39, 0.29) is 34.0 Å². The summed E-state index contributed by atoms with van der Waals surface area (Å²) in [4.78, 5) is 16.0. The quantitative estimate of drug-likeness (QED) is 0.448. The molecule has 1 amide bonds. The molecule has 0 atom stereocenters. The van der Waals surface area contributed by atoms with Crippen LogP contribution in [0.3, 0.4) is 0 Å². The molecular weight excluding hydrogens is 453 g/mol. The lowest BCUT2D eigenvalue weighted by Crippen LogP contribution is -2.14. The first-order valence-corrected chi connectivity index (χ1v) is 11.5. The van der Waals surface area contributed by atoms with Crippen molar-refractivity contribution in [3.63, 3.8) is 0 Å². The summed E-state index contributed by atoms with van der Waals surface area (Å²) in [5.74, 6) is -0.349. The Morgan fingerprint density at radius 3 is 2.63 bits per heavy atom. The highest BCUT2D eigenvalue weighted by Crippen LogP contribution is 2.22. The highest BCUT2D eigenvalue weighted by molar-refractivity contribution is 7.93. The fraction of sp³-hybridized carbons (Fsp3) is 0.158. The Morgan fingerprint density at radius 2 is 1.97 bits per heavy atom. The van der Waals surface area contributed by atoms with E-state index in [4.69, 9.17) is 16.3 Å². The molecule has 2 aromatic carbocycles. The first-order chi connectivity index (χ1) is 14.3. The predicted molar refractivity (Wildman–Crippen MR) is 114 cm³/mol. The van der Waals surface area contributed by atoms with Crippen molar-refractivity contribution >= 4 is 49.7 Å². The maximum absolute atomic E-state index is 13.1. The second kappa shape index (κ2) is 9.88. The second-order valence-corrected chi connectivity index (χ2v) is 9.03. The smallest absolute Gasteiger partial charge is 0.263 e. The number of rotatable bonds is 9. The number of carbonyl (C=O) groups is 1. The molecule has 158 valence electrons. The van der Waals surface area contributed by atoms with Crippen LogP contribution in [0.5, 0.6) is 5.75 Å². The Balaban J connectivity index is 1.45. The molecule has 0 spiro atoms. The van der Waals surface area contributed by atoms with Crippen molar-refractivity contribution in [1.29, 1.82) is 0 Å². The van der Waals surface area contributed by atoms with E-state index in [2.05, 4.69) is 15.0 Å². The Morgan fingerprint density at radius 1 is 1.20 bits per heavy atom. The molecule has 3 aromatic rings. The van der Waals surface area contributed by atoms with Crippen LogP contribution in [-0.2, 0) is 14.8 Å². The fourth-order valence-corrected chi connectivity index (χ4v) is 4.34. The zero-order chi connectivity index (χ0) is 21.6. The fourth-order valence-electron chi connectivity index (χ4n) is 2.38. The highest BCUT2D eigenvalue weighted by Gasteiger charge is 2.15. The summed E-state index contributed by atoms with van der Waals surface area (Å²) in [7, 11) is -3.74. The van der Waals surface area contributed by atoms with Gasteiger partial charge in [-0.15, -0.1) is 11.3 Å². The lowest BCUT2D eigenvalue weighted by atomic mass is 10.2. The molecule has 0 aliphatic heterocycles. The van der Waals surface area contributed by atoms with Crippen LogP contribution in [0, 0.1) is 5.82 Å². The van der Waals surface area contributed by atoms with Crippen LogP contribution in [0.4, 0.5) is 15.2 Å². The number of hydrogen-bond donors (Lipinski definition) is 2. The number of benzene rings is 2. The molecule has 1 aromatic heterocycles. The van der Waals surface area contributed by atoms with Gasteiger partial charge in [-0.2, -0.15) is 0 Å². The number of amides is 1. The van der Waals surface area contributed by atoms with Gasteiger partial charge in [-0.1, -0.05) is 11.6 Å². The lowest BCUT2D eigenvalue weighted by Gasteiger charge is -2.09. The largest absolute Gasteiger partial charge is 0.494 e. The molecule has 0 fully saturated rings. The molecule has 2 N–H and O–H groups in total. The van der Waals surface area contributed by atoms with E-state index in [1.165, 1.54) is 60.0 Å². The molecule has 30 heavy (non-hydrogen) atoms. The number of sulfonamides is 1. The number of halogens is 2. The van der Waals surface area contributed by atoms with Crippen LogP contribution in [0.1, 0.15) is 12.8 Å². The molecule has 3 rings (SSSR count). The molecule has 0 bridgehead atoms. The van der Waals surface area contributed by atoms with E-state index in [1.54, 1.807) is 5.38 Å². The molecule has 1 heterocycles. The van der Waals surface area contributed by atoms with Crippen LogP contribution < -0.4 is 14.8 Å². The summed E-state index contributed by atoms with van der Waals surface area (Å²) in [6, 6.07) is 9.84. The third-order valence-electron chi connectivity index (χ3n) is 3.81. The molecule has 0 saturated heterocycles. The van der Waals surface area contributed by atoms with Gasteiger partial charge in [0.15, 0.2) is 5.13 Å². The van der Waals surface area contributed by atoms with Crippen LogP contribution in [-0.4, -0.2) is 25.9 Å². The maximum atomic E-state index is 13.1. The second-order valence-electron chi connectivity index (χ2n) is 6.04. The van der Waals surface area contributed by atoms with Gasteiger partial charge >= 0.3 is 0 Å². The highest BCUT2D eigenvalue weighted by atomic mass is 35.5. The van der Waals surface area contributed by atoms with Crippen molar-refractivity contribution < 1.29 is 22.3 Å². The van der Waals surface area contributed by atoms with Gasteiger partial charge in [0.25, 0.3) is 10.0 Å². The topological polar surface area (TPSA) is 97.4 Å². The third kappa shape index (κ3) is 6.15. The number of hydrogen-bond acceptors (Lipinski definition) is 6. The Bertz CT molecular complexity index is 1110. The summed E-state index contributed by atoms with van der Waals surface area (Å²) in [5.41, 5.74) is 0.472. The summed E-state index contributed by atoms with van der Waals surface area (Å²) < 4.78 is 45.5. The van der Waals surface area contributed by atoms with Gasteiger partial charge in [-0.25, -0.2) is 17.8 Å². The zero-order valence-electron chi connectivity index (χ0n) is 15.5. The molecule has 7 nitrogen and oxygen atoms in total. The average molecular weight is 470 g/mol. The van der Waals surface area contributed by atoms with Crippen LogP contribution >= 0.6 is 22.9 Å². The number of nitrogens with one attached hydrogen (secondary N) is 2. The number of carbonyl (C=O) groups excluding carboxylic acids is 1. The van der Waals surface area contributed by atoms with Gasteiger partial charge < -0.3 is 10.1 Å². The van der Waals surface area contributed by atoms with Crippen LogP contribution in [0.2, 0.25) is 5.02 Å². The predicted octanol–water partition coefficient (Wildman–Crippen LogP) is 4.53. The third-order valence-corrected chi connectivity index (χ3v) is 6.27. The van der Waals surface area contributed by atoms with Gasteiger partial charge in [-0.3, -0.25) is 9.52 Å². The molecule has 0 aliphatic carbocycles. The minimum Gasteiger partial charge on any atom is -0.494 e. The molecule has 0 radical (unpaired) electrons. The van der Waals surface area contributed by atoms with Gasteiger partial charge in [0.1, 0.15) is 11.6 Å². The van der Waals surface area contributed by atoms with Gasteiger partial charge in [0.2, 0.25) is 5.91 Å². The molecule has 0 aliphatic rings. The van der Waals surface area contributed by atoms with Crippen molar-refractivity contribution in [2.75, 3.05) is 16.6 Å². The van der Waals surface area contributed by atoms with Crippen molar-refractivity contribution in [2.24, 2.45) is 0 Å². The van der Waals surface area contributed by atoms with E-state index >= 15 is 0 Å². The lowest BCUT2D eigenvalue weighted by molar-refractivity contribution is -0.116. The first kappa shape index (κ1) is 22.0. The SMILES string of the molecule is O=C(CCCOc1ccc(F)c(Cl)c1)Nc1ccc(S(=O)(=O)Nc2nccs2)cc1. The molecule has 0 unspecified atom stereocenters. The Hall–Kier alpha value is -2.69. The van der Waals surface area contributed by atoms with Crippen LogP contribution in [0.15, 0.2) is 58.9 Å². The monoisotopic (exact) mass is 469 g/mol. The standard InChI is InChI=1S/C19H17ClFN3O4S2/c20-16-12-14(5-8-17(16)21)28-10-1-2-18(25)23-13-3-6-15(7-4-13)30(26,27)24-19-22-9-11-29-19/h3-9,11-12H,1-2,10H2,(H,22,24)(H,23,25). The molecule has 0 saturated carbocycles. The van der Waals surface area contributed by atoms with E-state index in [0.717, 1.165) is 0 Å². The number of anilines is 2. The maximum Gasteiger partial charge on any atom is 0.263 e. The van der Waals surface area contributed by atoms with E-state index < -0.39 is 15.8 Å². The average Bonchev–Trinajstić information content (AvgIpc) is 3.20. The van der Waals surface area contributed by atoms with Crippen molar-refractivity contribution in [3.8, 4) is 5.75 Å². The summed E-state index contributed by atoms with van der Waals surface area (Å²) in [5, 5.41) is 4.60. The first-order valence-electron chi connectivity index (χ1n) is 8.73. The zero-order valence-corrected chi connectivity index (χ0v) is 17.9. The van der Waals surface area contributed by atoms with Crippen LogP contribution in [0.25, 0.3) is 0 Å². The number of thiazole rings is 1. The van der Waals surface area contributed by atoms with Crippen molar-refractivity contribution in [2.45, 2.75) is 17.7 Å². The van der Waals surface area contributed by atoms with Crippen molar-refractivity contribution in [3.05, 3.63) is 64.9 Å². The van der Waals surface area contributed by atoms with E-state index in [1.807, 2.05) is 0 Å². The number of aromatic nitrogens is 1. The Labute approximate surface area is 181 Å². The normalized spacial score (nSPS) is 11.1. The summed E-state index contributed by atoms with van der Waals surface area (Å²) in [6.07, 6.45) is 2.13. The number of nitrogens with zero attached hydrogens (tertiary/aromatic N) is 1. The van der Waals surface area contributed by atoms with Gasteiger partial charge in [-0.05, 0) is 42.8 Å². The van der Waals surface area contributed by atoms with Gasteiger partial charge in [0.05, 0.1) is 16.5 Å². The Kier molecular flexibility index (Phi) is 7.24. The summed E-state index contributed by atoms with van der Waals surface area (Å²) in [6.45, 7) is 0.259. The van der Waals surface area contributed by atoms with E-state index in [9.17, 15) is 17.6 Å². The van der Waals surface area contributed by atoms with E-state index in [0.29, 0.717) is 17.9 Å². The minimum atomic E-state index is -3.74. The summed E-state index contributed by atoms with van der Waals surface area (Å²) >= 11 is 6.85. The number of ether oxygens (including phenoxy) is 1. The van der Waals surface area contributed by atoms with Crippen molar-refractivity contribution in [1.82, 2.24) is 4.98 Å². The minimum absolute atomic E-state index is 0.0300. The molecule has 11 heteroatoms.